The average molecular weight is 290 g/mol. The lowest BCUT2D eigenvalue weighted by atomic mass is 10.1. The lowest BCUT2D eigenvalue weighted by Gasteiger charge is -2.25. The smallest absolute Gasteiger partial charge is 0.335 e. The van der Waals surface area contributed by atoms with Crippen LogP contribution in [0.4, 0.5) is 11.4 Å². The van der Waals surface area contributed by atoms with Crippen molar-refractivity contribution in [3.05, 3.63) is 23.8 Å². The van der Waals surface area contributed by atoms with E-state index >= 15 is 0 Å². The number of benzene rings is 1. The largest absolute Gasteiger partial charge is 0.478 e. The number of hydrogen-bond donors (Lipinski definition) is 2. The number of carboxylic acid groups (broad SMARTS) is 1. The SMILES string of the molecule is CCC(=O)Nc1cc(C(=O)O)ccc1N1CCCCCC1. The van der Waals surface area contributed by atoms with Crippen LogP contribution >= 0.6 is 0 Å². The van der Waals surface area contributed by atoms with Crippen LogP contribution in [0.5, 0.6) is 0 Å². The molecule has 0 bridgehead atoms. The molecule has 1 heterocycles. The Labute approximate surface area is 125 Å². The summed E-state index contributed by atoms with van der Waals surface area (Å²) < 4.78 is 0. The summed E-state index contributed by atoms with van der Waals surface area (Å²) in [6, 6.07) is 4.96. The van der Waals surface area contributed by atoms with Crippen LogP contribution in [0.3, 0.4) is 0 Å². The van der Waals surface area contributed by atoms with Crippen LogP contribution < -0.4 is 10.2 Å². The first kappa shape index (κ1) is 15.4. The number of carbonyl (C=O) groups is 2. The second kappa shape index (κ2) is 7.11. The molecule has 1 aliphatic heterocycles. The van der Waals surface area contributed by atoms with Gasteiger partial charge in [0.05, 0.1) is 16.9 Å². The Balaban J connectivity index is 2.33. The van der Waals surface area contributed by atoms with Crippen molar-refractivity contribution in [3.8, 4) is 0 Å². The van der Waals surface area contributed by atoms with Crippen molar-refractivity contribution in [2.24, 2.45) is 0 Å². The van der Waals surface area contributed by atoms with Crippen LogP contribution in [0.2, 0.25) is 0 Å². The van der Waals surface area contributed by atoms with E-state index in [0.29, 0.717) is 12.1 Å². The lowest BCUT2D eigenvalue weighted by Crippen LogP contribution is -2.26. The van der Waals surface area contributed by atoms with E-state index < -0.39 is 5.97 Å². The first-order valence-electron chi connectivity index (χ1n) is 7.54. The highest BCUT2D eigenvalue weighted by atomic mass is 16.4. The van der Waals surface area contributed by atoms with Gasteiger partial charge in [0.1, 0.15) is 0 Å². The van der Waals surface area contributed by atoms with Gasteiger partial charge in [0.25, 0.3) is 0 Å². The first-order valence-corrected chi connectivity index (χ1v) is 7.54. The molecule has 0 aromatic heterocycles. The molecular weight excluding hydrogens is 268 g/mol. The maximum atomic E-state index is 11.7. The van der Waals surface area contributed by atoms with Crippen molar-refractivity contribution in [1.82, 2.24) is 0 Å². The Morgan fingerprint density at radius 1 is 1.19 bits per heavy atom. The molecule has 0 atom stereocenters. The monoisotopic (exact) mass is 290 g/mol. The third-order valence-electron chi connectivity index (χ3n) is 3.79. The zero-order valence-electron chi connectivity index (χ0n) is 12.4. The quantitative estimate of drug-likeness (QED) is 0.894. The zero-order chi connectivity index (χ0) is 15.2. The fourth-order valence-electron chi connectivity index (χ4n) is 2.60. The molecule has 0 aliphatic carbocycles. The predicted octanol–water partition coefficient (Wildman–Crippen LogP) is 3.11. The molecule has 0 saturated carbocycles. The molecule has 1 aliphatic rings. The summed E-state index contributed by atoms with van der Waals surface area (Å²) in [5.41, 5.74) is 1.72. The third-order valence-corrected chi connectivity index (χ3v) is 3.79. The minimum atomic E-state index is -0.982. The summed E-state index contributed by atoms with van der Waals surface area (Å²) in [5, 5.41) is 11.9. The van der Waals surface area contributed by atoms with Crippen LogP contribution in [-0.4, -0.2) is 30.1 Å². The molecule has 21 heavy (non-hydrogen) atoms. The number of aromatic carboxylic acids is 1. The molecule has 0 radical (unpaired) electrons. The van der Waals surface area contributed by atoms with Crippen molar-refractivity contribution in [1.29, 1.82) is 0 Å². The minimum Gasteiger partial charge on any atom is -0.478 e. The Morgan fingerprint density at radius 3 is 2.43 bits per heavy atom. The van der Waals surface area contributed by atoms with E-state index in [1.807, 2.05) is 0 Å². The molecule has 2 rings (SSSR count). The van der Waals surface area contributed by atoms with Gasteiger partial charge in [-0.25, -0.2) is 4.79 Å². The standard InChI is InChI=1S/C16H22N2O3/c1-2-15(19)17-13-11-12(16(20)21)7-8-14(13)18-9-5-3-4-6-10-18/h7-8,11H,2-6,9-10H2,1H3,(H,17,19)(H,20,21). The Hall–Kier alpha value is -2.04. The molecule has 1 aromatic rings. The van der Waals surface area contributed by atoms with Crippen LogP contribution in [0, 0.1) is 0 Å². The Kier molecular flexibility index (Phi) is 5.20. The maximum Gasteiger partial charge on any atom is 0.335 e. The van der Waals surface area contributed by atoms with Gasteiger partial charge in [0, 0.05) is 19.5 Å². The summed E-state index contributed by atoms with van der Waals surface area (Å²) in [6.07, 6.45) is 5.07. The Bertz CT molecular complexity index is 520. The van der Waals surface area contributed by atoms with Crippen molar-refractivity contribution in [2.45, 2.75) is 39.0 Å². The molecule has 0 unspecified atom stereocenters. The van der Waals surface area contributed by atoms with Crippen LogP contribution in [0.15, 0.2) is 18.2 Å². The molecule has 1 saturated heterocycles. The highest BCUT2D eigenvalue weighted by Crippen LogP contribution is 2.29. The molecule has 1 aromatic carbocycles. The van der Waals surface area contributed by atoms with Crippen LogP contribution in [-0.2, 0) is 4.79 Å². The molecule has 5 nitrogen and oxygen atoms in total. The van der Waals surface area contributed by atoms with E-state index in [1.54, 1.807) is 25.1 Å². The third kappa shape index (κ3) is 3.97. The summed E-state index contributed by atoms with van der Waals surface area (Å²) in [7, 11) is 0. The molecule has 0 spiro atoms. The number of rotatable bonds is 4. The summed E-state index contributed by atoms with van der Waals surface area (Å²) in [4.78, 5) is 25.1. The minimum absolute atomic E-state index is 0.103. The van der Waals surface area contributed by atoms with Gasteiger partial charge in [-0.1, -0.05) is 19.8 Å². The number of hydrogen-bond acceptors (Lipinski definition) is 3. The van der Waals surface area contributed by atoms with Gasteiger partial charge < -0.3 is 15.3 Å². The molecule has 2 N–H and O–H groups in total. The average Bonchev–Trinajstić information content (AvgIpc) is 2.76. The van der Waals surface area contributed by atoms with E-state index in [0.717, 1.165) is 31.6 Å². The summed E-state index contributed by atoms with van der Waals surface area (Å²) in [6.45, 7) is 3.67. The number of amides is 1. The van der Waals surface area contributed by atoms with Crippen molar-refractivity contribution in [2.75, 3.05) is 23.3 Å². The predicted molar refractivity (Wildman–Crippen MR) is 83.0 cm³/mol. The second-order valence-corrected chi connectivity index (χ2v) is 5.34. The van der Waals surface area contributed by atoms with Gasteiger partial charge in [-0.15, -0.1) is 0 Å². The lowest BCUT2D eigenvalue weighted by molar-refractivity contribution is -0.115. The van der Waals surface area contributed by atoms with E-state index in [-0.39, 0.29) is 11.5 Å². The summed E-state index contributed by atoms with van der Waals surface area (Å²) in [5.74, 6) is -1.09. The zero-order valence-corrected chi connectivity index (χ0v) is 12.4. The number of carbonyl (C=O) groups excluding carboxylic acids is 1. The maximum absolute atomic E-state index is 11.7. The first-order chi connectivity index (χ1) is 10.1. The molecular formula is C16H22N2O3. The van der Waals surface area contributed by atoms with Gasteiger partial charge in [-0.05, 0) is 31.0 Å². The van der Waals surface area contributed by atoms with Crippen molar-refractivity contribution >= 4 is 23.3 Å². The van der Waals surface area contributed by atoms with Crippen molar-refractivity contribution < 1.29 is 14.7 Å². The van der Waals surface area contributed by atoms with E-state index in [9.17, 15) is 9.59 Å². The fraction of sp³-hybridized carbons (Fsp3) is 0.500. The summed E-state index contributed by atoms with van der Waals surface area (Å²) >= 11 is 0. The van der Waals surface area contributed by atoms with Gasteiger partial charge in [0.2, 0.25) is 5.91 Å². The number of anilines is 2. The van der Waals surface area contributed by atoms with Gasteiger partial charge in [-0.3, -0.25) is 4.79 Å². The van der Waals surface area contributed by atoms with Crippen molar-refractivity contribution in [3.63, 3.8) is 0 Å². The highest BCUT2D eigenvalue weighted by Gasteiger charge is 2.16. The van der Waals surface area contributed by atoms with Gasteiger partial charge in [-0.2, -0.15) is 0 Å². The van der Waals surface area contributed by atoms with Gasteiger partial charge >= 0.3 is 5.97 Å². The normalized spacial score (nSPS) is 15.4. The topological polar surface area (TPSA) is 69.6 Å². The number of nitrogens with zero attached hydrogens (tertiary/aromatic N) is 1. The second-order valence-electron chi connectivity index (χ2n) is 5.34. The molecule has 1 fully saturated rings. The number of nitrogens with one attached hydrogen (secondary N) is 1. The Morgan fingerprint density at radius 2 is 1.86 bits per heavy atom. The van der Waals surface area contributed by atoms with E-state index in [1.165, 1.54) is 12.8 Å². The highest BCUT2D eigenvalue weighted by molar-refractivity contribution is 5.97. The van der Waals surface area contributed by atoms with Crippen LogP contribution in [0.1, 0.15) is 49.4 Å². The fourth-order valence-corrected chi connectivity index (χ4v) is 2.60. The molecule has 5 heteroatoms. The molecule has 1 amide bonds. The van der Waals surface area contributed by atoms with Crippen LogP contribution in [0.25, 0.3) is 0 Å². The number of carboxylic acids is 1. The van der Waals surface area contributed by atoms with E-state index in [2.05, 4.69) is 10.2 Å². The van der Waals surface area contributed by atoms with Gasteiger partial charge in [0.15, 0.2) is 0 Å². The molecule has 114 valence electrons. The van der Waals surface area contributed by atoms with E-state index in [4.69, 9.17) is 5.11 Å².